The maximum atomic E-state index is 13.3. The summed E-state index contributed by atoms with van der Waals surface area (Å²) in [6.07, 6.45) is 1.60. The molecule has 2 rings (SSSR count). The van der Waals surface area contributed by atoms with Crippen molar-refractivity contribution in [2.24, 2.45) is 0 Å². The van der Waals surface area contributed by atoms with Crippen molar-refractivity contribution >= 4 is 0 Å². The third kappa shape index (κ3) is 3.44. The summed E-state index contributed by atoms with van der Waals surface area (Å²) in [4.78, 5) is 0. The van der Waals surface area contributed by atoms with Crippen LogP contribution in [-0.4, -0.2) is 6.54 Å². The Hall–Kier alpha value is -1.61. The second-order valence-corrected chi connectivity index (χ2v) is 4.24. The summed E-state index contributed by atoms with van der Waals surface area (Å²) >= 11 is 0. The van der Waals surface area contributed by atoms with Gasteiger partial charge in [0.1, 0.15) is 17.3 Å². The van der Waals surface area contributed by atoms with Crippen LogP contribution in [0.1, 0.15) is 24.0 Å². The second kappa shape index (κ2) is 6.36. The van der Waals surface area contributed by atoms with Crippen molar-refractivity contribution in [2.45, 2.75) is 26.3 Å². The molecule has 0 aliphatic rings. The molecule has 0 bridgehead atoms. The van der Waals surface area contributed by atoms with Gasteiger partial charge in [-0.25, -0.2) is 4.39 Å². The van der Waals surface area contributed by atoms with E-state index in [-0.39, 0.29) is 5.82 Å². The number of rotatable bonds is 6. The molecule has 1 heterocycles. The normalized spacial score (nSPS) is 10.8. The van der Waals surface area contributed by atoms with Crippen molar-refractivity contribution in [1.29, 1.82) is 0 Å². The quantitative estimate of drug-likeness (QED) is 0.792. The Kier molecular flexibility index (Phi) is 4.53. The number of furan rings is 1. The van der Waals surface area contributed by atoms with Gasteiger partial charge >= 0.3 is 0 Å². The fourth-order valence-electron chi connectivity index (χ4n) is 1.84. The molecule has 96 valence electrons. The molecule has 0 aliphatic carbocycles. The molecular formula is C15H18FNO. The van der Waals surface area contributed by atoms with Crippen LogP contribution in [0.5, 0.6) is 0 Å². The van der Waals surface area contributed by atoms with Crippen LogP contribution in [0.3, 0.4) is 0 Å². The van der Waals surface area contributed by atoms with E-state index < -0.39 is 0 Å². The Morgan fingerprint density at radius 1 is 1.11 bits per heavy atom. The van der Waals surface area contributed by atoms with Crippen LogP contribution in [0, 0.1) is 5.82 Å². The van der Waals surface area contributed by atoms with Crippen LogP contribution >= 0.6 is 0 Å². The summed E-state index contributed by atoms with van der Waals surface area (Å²) in [5.41, 5.74) is 0.749. The highest BCUT2D eigenvalue weighted by Gasteiger charge is 2.02. The van der Waals surface area contributed by atoms with Gasteiger partial charge in [0.2, 0.25) is 0 Å². The average Bonchev–Trinajstić information content (AvgIpc) is 2.84. The molecule has 1 N–H and O–H groups in total. The fraction of sp³-hybridized carbons (Fsp3) is 0.333. The minimum absolute atomic E-state index is 0.134. The summed E-state index contributed by atoms with van der Waals surface area (Å²) in [5, 5.41) is 3.25. The molecule has 0 aliphatic heterocycles. The lowest BCUT2D eigenvalue weighted by atomic mass is 10.1. The van der Waals surface area contributed by atoms with Crippen molar-refractivity contribution < 1.29 is 8.81 Å². The minimum Gasteiger partial charge on any atom is -0.465 e. The molecule has 2 nitrogen and oxygen atoms in total. The van der Waals surface area contributed by atoms with Crippen LogP contribution < -0.4 is 5.32 Å². The number of aryl methyl sites for hydroxylation is 1. The van der Waals surface area contributed by atoms with Crippen LogP contribution in [0.4, 0.5) is 4.39 Å². The molecule has 1 aromatic carbocycles. The molecular weight excluding hydrogens is 229 g/mol. The van der Waals surface area contributed by atoms with Gasteiger partial charge in [-0.15, -0.1) is 0 Å². The van der Waals surface area contributed by atoms with Crippen molar-refractivity contribution in [3.8, 4) is 0 Å². The van der Waals surface area contributed by atoms with E-state index in [0.29, 0.717) is 13.0 Å². The van der Waals surface area contributed by atoms with Gasteiger partial charge in [0.15, 0.2) is 0 Å². The molecule has 0 fully saturated rings. The van der Waals surface area contributed by atoms with Crippen LogP contribution in [0.2, 0.25) is 0 Å². The topological polar surface area (TPSA) is 25.2 Å². The zero-order valence-corrected chi connectivity index (χ0v) is 10.6. The van der Waals surface area contributed by atoms with Gasteiger partial charge < -0.3 is 9.73 Å². The highest BCUT2D eigenvalue weighted by molar-refractivity contribution is 5.17. The van der Waals surface area contributed by atoms with Gasteiger partial charge in [-0.1, -0.05) is 25.1 Å². The van der Waals surface area contributed by atoms with Crippen LogP contribution in [0.15, 0.2) is 40.8 Å². The maximum absolute atomic E-state index is 13.3. The van der Waals surface area contributed by atoms with E-state index in [4.69, 9.17) is 4.42 Å². The van der Waals surface area contributed by atoms with Crippen molar-refractivity contribution in [2.75, 3.05) is 6.54 Å². The zero-order valence-electron chi connectivity index (χ0n) is 10.6. The highest BCUT2D eigenvalue weighted by Crippen LogP contribution is 2.09. The molecule has 0 saturated carbocycles. The largest absolute Gasteiger partial charge is 0.465 e. The highest BCUT2D eigenvalue weighted by atomic mass is 19.1. The summed E-state index contributed by atoms with van der Waals surface area (Å²) in [6, 6.07) is 10.9. The molecule has 0 spiro atoms. The first-order chi connectivity index (χ1) is 8.79. The molecule has 0 amide bonds. The van der Waals surface area contributed by atoms with Crippen LogP contribution in [-0.2, 0) is 19.4 Å². The maximum Gasteiger partial charge on any atom is 0.126 e. The summed E-state index contributed by atoms with van der Waals surface area (Å²) in [7, 11) is 0. The Labute approximate surface area is 107 Å². The Morgan fingerprint density at radius 3 is 2.61 bits per heavy atom. The third-order valence-electron chi connectivity index (χ3n) is 2.89. The van der Waals surface area contributed by atoms with Gasteiger partial charge in [-0.2, -0.15) is 0 Å². The molecule has 0 saturated heterocycles. The Bertz CT molecular complexity index is 493. The molecule has 1 aromatic heterocycles. The monoisotopic (exact) mass is 247 g/mol. The van der Waals surface area contributed by atoms with Gasteiger partial charge in [0.05, 0.1) is 6.54 Å². The van der Waals surface area contributed by atoms with E-state index in [0.717, 1.165) is 30.0 Å². The molecule has 18 heavy (non-hydrogen) atoms. The van der Waals surface area contributed by atoms with E-state index in [9.17, 15) is 4.39 Å². The summed E-state index contributed by atoms with van der Waals surface area (Å²) < 4.78 is 18.9. The SMILES string of the molecule is CCc1ccc(CNCCc2ccccc2F)o1. The van der Waals surface area contributed by atoms with E-state index >= 15 is 0 Å². The molecule has 0 atom stereocenters. The average molecular weight is 247 g/mol. The van der Waals surface area contributed by atoms with Crippen molar-refractivity contribution in [1.82, 2.24) is 5.32 Å². The summed E-state index contributed by atoms with van der Waals surface area (Å²) in [5.74, 6) is 1.80. The van der Waals surface area contributed by atoms with Gasteiger partial charge in [0, 0.05) is 6.42 Å². The lowest BCUT2D eigenvalue weighted by molar-refractivity contribution is 0.451. The Morgan fingerprint density at radius 2 is 1.89 bits per heavy atom. The Balaban J connectivity index is 1.74. The first-order valence-electron chi connectivity index (χ1n) is 6.31. The fourth-order valence-corrected chi connectivity index (χ4v) is 1.84. The predicted molar refractivity (Wildman–Crippen MR) is 69.9 cm³/mol. The van der Waals surface area contributed by atoms with E-state index in [2.05, 4.69) is 12.2 Å². The second-order valence-electron chi connectivity index (χ2n) is 4.24. The third-order valence-corrected chi connectivity index (χ3v) is 2.89. The first-order valence-corrected chi connectivity index (χ1v) is 6.31. The molecule has 2 aromatic rings. The smallest absolute Gasteiger partial charge is 0.126 e. The van der Waals surface area contributed by atoms with E-state index in [1.54, 1.807) is 6.07 Å². The van der Waals surface area contributed by atoms with Crippen LogP contribution in [0.25, 0.3) is 0 Å². The van der Waals surface area contributed by atoms with Crippen molar-refractivity contribution in [3.63, 3.8) is 0 Å². The lowest BCUT2D eigenvalue weighted by Crippen LogP contribution is -2.16. The predicted octanol–water partition coefficient (Wildman–Crippen LogP) is 3.31. The number of halogens is 1. The molecule has 0 unspecified atom stereocenters. The van der Waals surface area contributed by atoms with E-state index in [1.807, 2.05) is 24.3 Å². The molecule has 0 radical (unpaired) electrons. The number of nitrogens with one attached hydrogen (secondary N) is 1. The minimum atomic E-state index is -0.134. The van der Waals surface area contributed by atoms with Gasteiger partial charge in [-0.3, -0.25) is 0 Å². The van der Waals surface area contributed by atoms with Gasteiger partial charge in [0.25, 0.3) is 0 Å². The number of hydrogen-bond acceptors (Lipinski definition) is 2. The lowest BCUT2D eigenvalue weighted by Gasteiger charge is -2.04. The standard InChI is InChI=1S/C15H18FNO/c1-2-13-7-8-14(18-13)11-17-10-9-12-5-3-4-6-15(12)16/h3-8,17H,2,9-11H2,1H3. The molecule has 3 heteroatoms. The number of hydrogen-bond donors (Lipinski definition) is 1. The zero-order chi connectivity index (χ0) is 12.8. The van der Waals surface area contributed by atoms with E-state index in [1.165, 1.54) is 6.07 Å². The summed E-state index contributed by atoms with van der Waals surface area (Å²) in [6.45, 7) is 3.49. The van der Waals surface area contributed by atoms with Crippen molar-refractivity contribution in [3.05, 3.63) is 59.3 Å². The number of benzene rings is 1. The van der Waals surface area contributed by atoms with Gasteiger partial charge in [-0.05, 0) is 36.7 Å². The first kappa shape index (κ1) is 12.8.